The molecule has 3 aliphatic rings. The summed E-state index contributed by atoms with van der Waals surface area (Å²) >= 11 is 3.81. The molecule has 0 spiro atoms. The second-order valence-electron chi connectivity index (χ2n) is 8.11. The summed E-state index contributed by atoms with van der Waals surface area (Å²) in [6, 6.07) is 4.65. The van der Waals surface area contributed by atoms with E-state index in [0.29, 0.717) is 6.61 Å². The summed E-state index contributed by atoms with van der Waals surface area (Å²) in [5, 5.41) is 2.80. The Labute approximate surface area is 180 Å². The lowest BCUT2D eigenvalue weighted by atomic mass is 10.1. The maximum atomic E-state index is 6.04. The molecule has 1 aliphatic carbocycles. The van der Waals surface area contributed by atoms with Crippen molar-refractivity contribution in [2.75, 3.05) is 32.8 Å². The average molecular weight is 422 g/mol. The average Bonchev–Trinajstić information content (AvgIpc) is 3.30. The van der Waals surface area contributed by atoms with Gasteiger partial charge in [0.1, 0.15) is 0 Å². The summed E-state index contributed by atoms with van der Waals surface area (Å²) in [7, 11) is 0. The van der Waals surface area contributed by atoms with E-state index in [4.69, 9.17) is 4.74 Å². The van der Waals surface area contributed by atoms with Crippen molar-refractivity contribution in [1.29, 1.82) is 0 Å². The minimum absolute atomic E-state index is 0.703. The van der Waals surface area contributed by atoms with Crippen LogP contribution in [-0.4, -0.2) is 37.7 Å². The third-order valence-electron chi connectivity index (χ3n) is 5.84. The molecule has 1 saturated heterocycles. The number of aryl methyl sites for hydroxylation is 2. The molecule has 0 radical (unpaired) electrons. The third kappa shape index (κ3) is 3.91. The zero-order chi connectivity index (χ0) is 19.8. The minimum Gasteiger partial charge on any atom is -0.375 e. The summed E-state index contributed by atoms with van der Waals surface area (Å²) in [5.74, 6) is 0. The highest BCUT2D eigenvalue weighted by molar-refractivity contribution is 8.11. The highest BCUT2D eigenvalue weighted by Crippen LogP contribution is 2.37. The number of nitrogens with zero attached hydrogens (tertiary/aromatic N) is 1. The van der Waals surface area contributed by atoms with Gasteiger partial charge in [0.2, 0.25) is 0 Å². The fraction of sp³-hybridized carbons (Fsp3) is 0.360. The zero-order valence-corrected chi connectivity index (χ0v) is 18.8. The molecule has 1 aromatic heterocycles. The number of benzene rings is 1. The Balaban J connectivity index is 1.44. The van der Waals surface area contributed by atoms with Crippen molar-refractivity contribution in [2.45, 2.75) is 26.7 Å². The Kier molecular flexibility index (Phi) is 5.53. The van der Waals surface area contributed by atoms with Gasteiger partial charge < -0.3 is 9.64 Å². The van der Waals surface area contributed by atoms with Crippen molar-refractivity contribution in [3.05, 3.63) is 67.8 Å². The van der Waals surface area contributed by atoms with E-state index in [2.05, 4.69) is 61.3 Å². The molecule has 150 valence electrons. The number of fused-ring (bicyclic) bond motifs is 4. The summed E-state index contributed by atoms with van der Waals surface area (Å²) in [4.78, 5) is 5.19. The first-order valence-electron chi connectivity index (χ1n) is 10.5. The number of hydrogen-bond acceptors (Lipinski definition) is 4. The van der Waals surface area contributed by atoms with E-state index in [1.165, 1.54) is 72.3 Å². The van der Waals surface area contributed by atoms with Crippen LogP contribution < -0.4 is 9.75 Å². The number of thioether (sulfide) groups is 1. The summed E-state index contributed by atoms with van der Waals surface area (Å²) in [5.41, 5.74) is 4.02. The topological polar surface area (TPSA) is 12.5 Å². The molecule has 0 bridgehead atoms. The van der Waals surface area contributed by atoms with Crippen molar-refractivity contribution >= 4 is 44.2 Å². The monoisotopic (exact) mass is 421 g/mol. The Morgan fingerprint density at radius 1 is 1.07 bits per heavy atom. The van der Waals surface area contributed by atoms with Crippen LogP contribution >= 0.6 is 23.1 Å². The molecule has 2 aliphatic heterocycles. The maximum absolute atomic E-state index is 6.04. The predicted molar refractivity (Wildman–Crippen MR) is 128 cm³/mol. The van der Waals surface area contributed by atoms with E-state index in [0.717, 1.165) is 13.2 Å². The third-order valence-corrected chi connectivity index (χ3v) is 8.30. The standard InChI is InChI=1S/C25H27NOS2/c1-17-14-18(2)24-21(15-17)23-22(29-24)7-5-6-19-8-9-20(28-25(19)23)16-27-13-12-26-10-3-4-11-26/h5-9,14-15H,3-4,10-13,16H2,1-2H3. The molecule has 4 heteroatoms. The highest BCUT2D eigenvalue weighted by atomic mass is 32.2. The molecule has 0 unspecified atom stereocenters. The van der Waals surface area contributed by atoms with Crippen molar-refractivity contribution < 1.29 is 4.74 Å². The first-order chi connectivity index (χ1) is 14.2. The molecule has 3 heterocycles. The Hall–Kier alpha value is -1.59. The quantitative estimate of drug-likeness (QED) is 0.652. The van der Waals surface area contributed by atoms with Gasteiger partial charge in [0.25, 0.3) is 0 Å². The molecule has 2 aromatic rings. The van der Waals surface area contributed by atoms with E-state index < -0.39 is 0 Å². The Morgan fingerprint density at radius 2 is 1.93 bits per heavy atom. The second-order valence-corrected chi connectivity index (χ2v) is 10.3. The zero-order valence-electron chi connectivity index (χ0n) is 17.2. The lowest BCUT2D eigenvalue weighted by molar-refractivity contribution is 0.132. The Morgan fingerprint density at radius 3 is 2.79 bits per heavy atom. The number of hydrogen-bond donors (Lipinski definition) is 0. The van der Waals surface area contributed by atoms with Gasteiger partial charge >= 0.3 is 0 Å². The molecule has 0 N–H and O–H groups in total. The molecule has 29 heavy (non-hydrogen) atoms. The first kappa shape index (κ1) is 19.4. The SMILES string of the molecule is Cc1cc(C)c2sc3c(c2c1)=C1SC(COCCN2CCCC2)=CC=C1C=CC=3. The van der Waals surface area contributed by atoms with Crippen LogP contribution in [0, 0.1) is 13.8 Å². The highest BCUT2D eigenvalue weighted by Gasteiger charge is 2.18. The van der Waals surface area contributed by atoms with Crippen LogP contribution in [0.1, 0.15) is 24.0 Å². The van der Waals surface area contributed by atoms with Gasteiger partial charge in [0, 0.05) is 36.2 Å². The van der Waals surface area contributed by atoms with Gasteiger partial charge in [0.15, 0.2) is 0 Å². The minimum atomic E-state index is 0.703. The van der Waals surface area contributed by atoms with Crippen molar-refractivity contribution in [2.24, 2.45) is 0 Å². The molecular weight excluding hydrogens is 394 g/mol. The molecule has 1 fully saturated rings. The molecule has 0 amide bonds. The predicted octanol–water partition coefficient (Wildman–Crippen LogP) is 4.65. The fourth-order valence-corrected chi connectivity index (χ4v) is 6.77. The van der Waals surface area contributed by atoms with E-state index in [1.807, 2.05) is 23.1 Å². The van der Waals surface area contributed by atoms with Crippen LogP contribution in [0.2, 0.25) is 0 Å². The van der Waals surface area contributed by atoms with E-state index in [9.17, 15) is 0 Å². The molecule has 0 atom stereocenters. The number of likely N-dealkylation sites (tertiary alicyclic amines) is 1. The van der Waals surface area contributed by atoms with Crippen LogP contribution in [-0.2, 0) is 4.74 Å². The Bertz CT molecular complexity index is 1160. The van der Waals surface area contributed by atoms with Crippen LogP contribution in [0.25, 0.3) is 21.1 Å². The van der Waals surface area contributed by atoms with Crippen molar-refractivity contribution in [1.82, 2.24) is 4.90 Å². The molecule has 2 nitrogen and oxygen atoms in total. The molecule has 1 aromatic carbocycles. The lowest BCUT2D eigenvalue weighted by Crippen LogP contribution is -2.24. The van der Waals surface area contributed by atoms with Crippen molar-refractivity contribution in [3.8, 4) is 0 Å². The summed E-state index contributed by atoms with van der Waals surface area (Å²) in [6.07, 6.45) is 13.9. The first-order valence-corrected chi connectivity index (χ1v) is 12.1. The number of allylic oxidation sites excluding steroid dienone is 4. The molecular formula is C25H27NOS2. The van der Waals surface area contributed by atoms with Gasteiger partial charge in [-0.25, -0.2) is 0 Å². The van der Waals surface area contributed by atoms with E-state index in [1.54, 1.807) is 0 Å². The van der Waals surface area contributed by atoms with E-state index >= 15 is 0 Å². The normalized spacial score (nSPS) is 18.9. The van der Waals surface area contributed by atoms with Crippen molar-refractivity contribution in [3.63, 3.8) is 0 Å². The van der Waals surface area contributed by atoms with E-state index in [-0.39, 0.29) is 0 Å². The lowest BCUT2D eigenvalue weighted by Gasteiger charge is -2.17. The smallest absolute Gasteiger partial charge is 0.0779 e. The summed E-state index contributed by atoms with van der Waals surface area (Å²) < 4.78 is 8.83. The number of ether oxygens (including phenoxy) is 1. The maximum Gasteiger partial charge on any atom is 0.0779 e. The summed E-state index contributed by atoms with van der Waals surface area (Å²) in [6.45, 7) is 9.49. The fourth-order valence-electron chi connectivity index (χ4n) is 4.42. The molecule has 0 saturated carbocycles. The van der Waals surface area contributed by atoms with Gasteiger partial charge in [-0.3, -0.25) is 0 Å². The number of rotatable bonds is 5. The second kappa shape index (κ2) is 8.27. The van der Waals surface area contributed by atoms with Crippen LogP contribution in [0.5, 0.6) is 0 Å². The van der Waals surface area contributed by atoms with Crippen LogP contribution in [0.3, 0.4) is 0 Å². The number of thiophene rings is 1. The van der Waals surface area contributed by atoms with Gasteiger partial charge in [-0.05, 0) is 69.1 Å². The largest absolute Gasteiger partial charge is 0.375 e. The molecule has 5 rings (SSSR count). The van der Waals surface area contributed by atoms with Gasteiger partial charge in [-0.2, -0.15) is 0 Å². The van der Waals surface area contributed by atoms with Crippen LogP contribution in [0.4, 0.5) is 0 Å². The van der Waals surface area contributed by atoms with Crippen LogP contribution in [0.15, 0.2) is 46.9 Å². The van der Waals surface area contributed by atoms with Gasteiger partial charge in [-0.15, -0.1) is 11.3 Å². The van der Waals surface area contributed by atoms with Gasteiger partial charge in [-0.1, -0.05) is 41.6 Å². The van der Waals surface area contributed by atoms with Gasteiger partial charge in [0.05, 0.1) is 13.2 Å².